The van der Waals surface area contributed by atoms with Crippen molar-refractivity contribution in [3.05, 3.63) is 30.1 Å². The van der Waals surface area contributed by atoms with E-state index in [-0.39, 0.29) is 5.84 Å². The average molecular weight is 249 g/mol. The molecular formula is C10H15N7O. The Bertz CT molecular complexity index is 490. The second-order valence-corrected chi connectivity index (χ2v) is 3.80. The zero-order valence-corrected chi connectivity index (χ0v) is 9.83. The van der Waals surface area contributed by atoms with Crippen molar-refractivity contribution < 1.29 is 4.63 Å². The van der Waals surface area contributed by atoms with Crippen LogP contribution in [0.1, 0.15) is 17.8 Å². The van der Waals surface area contributed by atoms with Crippen LogP contribution in [-0.4, -0.2) is 32.2 Å². The number of aromatic nitrogens is 4. The largest absolute Gasteiger partial charge is 0.382 e. The molecule has 0 aromatic carbocycles. The number of nitrogen functional groups attached to an aromatic ring is 1. The highest BCUT2D eigenvalue weighted by Crippen LogP contribution is 2.00. The van der Waals surface area contributed by atoms with Gasteiger partial charge in [0.1, 0.15) is 11.5 Å². The van der Waals surface area contributed by atoms with Gasteiger partial charge in [0, 0.05) is 25.5 Å². The van der Waals surface area contributed by atoms with E-state index in [1.54, 1.807) is 12.5 Å². The zero-order valence-electron chi connectivity index (χ0n) is 9.83. The van der Waals surface area contributed by atoms with Crippen molar-refractivity contribution in [1.29, 1.82) is 5.41 Å². The van der Waals surface area contributed by atoms with Crippen molar-refractivity contribution in [2.45, 2.75) is 19.5 Å². The summed E-state index contributed by atoms with van der Waals surface area (Å²) in [5.74, 6) is -0.133. The lowest BCUT2D eigenvalue weighted by Crippen LogP contribution is -2.20. The van der Waals surface area contributed by atoms with Gasteiger partial charge in [-0.15, -0.1) is 0 Å². The number of rotatable bonds is 7. The van der Waals surface area contributed by atoms with Gasteiger partial charge in [0.25, 0.3) is 0 Å². The maximum absolute atomic E-state index is 7.28. The van der Waals surface area contributed by atoms with E-state index >= 15 is 0 Å². The minimum Gasteiger partial charge on any atom is -0.382 e. The van der Waals surface area contributed by atoms with Crippen LogP contribution in [0.25, 0.3) is 0 Å². The smallest absolute Gasteiger partial charge is 0.173 e. The lowest BCUT2D eigenvalue weighted by atomic mass is 10.3. The van der Waals surface area contributed by atoms with Gasteiger partial charge in [0.2, 0.25) is 0 Å². The summed E-state index contributed by atoms with van der Waals surface area (Å²) in [6, 6.07) is 0. The first-order valence-electron chi connectivity index (χ1n) is 5.59. The van der Waals surface area contributed by atoms with Crippen molar-refractivity contribution in [3.8, 4) is 0 Å². The van der Waals surface area contributed by atoms with Crippen molar-refractivity contribution in [2.24, 2.45) is 5.73 Å². The fraction of sp³-hybridized carbons (Fsp3) is 0.400. The van der Waals surface area contributed by atoms with Gasteiger partial charge in [-0.2, -0.15) is 0 Å². The first-order valence-corrected chi connectivity index (χ1v) is 5.59. The first kappa shape index (κ1) is 12.2. The van der Waals surface area contributed by atoms with Crippen molar-refractivity contribution in [2.75, 3.05) is 6.54 Å². The molecule has 96 valence electrons. The molecule has 0 aliphatic heterocycles. The second kappa shape index (κ2) is 5.92. The summed E-state index contributed by atoms with van der Waals surface area (Å²) >= 11 is 0. The molecule has 0 spiro atoms. The third kappa shape index (κ3) is 3.14. The lowest BCUT2D eigenvalue weighted by Gasteiger charge is -2.03. The first-order chi connectivity index (χ1) is 8.77. The Morgan fingerprint density at radius 2 is 2.39 bits per heavy atom. The normalized spacial score (nSPS) is 10.7. The zero-order chi connectivity index (χ0) is 12.8. The predicted octanol–water partition coefficient (Wildman–Crippen LogP) is -0.270. The summed E-state index contributed by atoms with van der Waals surface area (Å²) in [5, 5.41) is 17.7. The van der Waals surface area contributed by atoms with Crippen LogP contribution in [0.4, 0.5) is 0 Å². The molecule has 0 amide bonds. The van der Waals surface area contributed by atoms with Crippen LogP contribution < -0.4 is 11.1 Å². The predicted molar refractivity (Wildman–Crippen MR) is 63.9 cm³/mol. The lowest BCUT2D eigenvalue weighted by molar-refractivity contribution is 0.301. The molecule has 2 heterocycles. The van der Waals surface area contributed by atoms with Crippen LogP contribution >= 0.6 is 0 Å². The Hall–Kier alpha value is -2.22. The van der Waals surface area contributed by atoms with Crippen LogP contribution in [0.15, 0.2) is 23.4 Å². The molecule has 0 aliphatic carbocycles. The molecule has 2 aromatic rings. The van der Waals surface area contributed by atoms with E-state index in [0.29, 0.717) is 17.9 Å². The van der Waals surface area contributed by atoms with Gasteiger partial charge in [-0.25, -0.2) is 9.61 Å². The summed E-state index contributed by atoms with van der Waals surface area (Å²) in [4.78, 5) is 3.97. The van der Waals surface area contributed by atoms with E-state index in [1.807, 2.05) is 10.8 Å². The average Bonchev–Trinajstić information content (AvgIpc) is 2.98. The fourth-order valence-electron chi connectivity index (χ4n) is 1.54. The Morgan fingerprint density at radius 3 is 3.11 bits per heavy atom. The number of nitrogens with one attached hydrogen (secondary N) is 2. The van der Waals surface area contributed by atoms with Crippen LogP contribution in [0.5, 0.6) is 0 Å². The molecule has 0 unspecified atom stereocenters. The van der Waals surface area contributed by atoms with E-state index in [2.05, 4.69) is 25.2 Å². The van der Waals surface area contributed by atoms with Gasteiger partial charge in [0.15, 0.2) is 5.69 Å². The summed E-state index contributed by atoms with van der Waals surface area (Å²) in [6.45, 7) is 2.22. The van der Waals surface area contributed by atoms with Crippen molar-refractivity contribution in [1.82, 2.24) is 25.2 Å². The van der Waals surface area contributed by atoms with Gasteiger partial charge < -0.3 is 15.6 Å². The molecule has 2 aromatic heterocycles. The Morgan fingerprint density at radius 1 is 1.50 bits per heavy atom. The van der Waals surface area contributed by atoms with Gasteiger partial charge >= 0.3 is 0 Å². The van der Waals surface area contributed by atoms with Crippen LogP contribution in [0.2, 0.25) is 0 Å². The van der Waals surface area contributed by atoms with Gasteiger partial charge in [-0.1, -0.05) is 5.16 Å². The Labute approximate surface area is 104 Å². The Kier molecular flexibility index (Phi) is 4.02. The third-order valence-corrected chi connectivity index (χ3v) is 2.43. The molecular weight excluding hydrogens is 234 g/mol. The molecule has 8 nitrogen and oxygen atoms in total. The number of imidazole rings is 1. The number of amidine groups is 1. The molecule has 4 N–H and O–H groups in total. The molecule has 0 fully saturated rings. The van der Waals surface area contributed by atoms with Gasteiger partial charge in [-0.3, -0.25) is 5.41 Å². The van der Waals surface area contributed by atoms with E-state index in [9.17, 15) is 0 Å². The number of nitrogens with zero attached hydrogens (tertiary/aromatic N) is 4. The molecule has 8 heteroatoms. The molecule has 0 saturated heterocycles. The van der Waals surface area contributed by atoms with E-state index in [4.69, 9.17) is 11.1 Å². The molecule has 0 aliphatic rings. The maximum atomic E-state index is 7.28. The summed E-state index contributed by atoms with van der Waals surface area (Å²) < 4.78 is 6.56. The summed E-state index contributed by atoms with van der Waals surface area (Å²) in [7, 11) is 0. The highest BCUT2D eigenvalue weighted by atomic mass is 16.6. The molecule has 0 saturated carbocycles. The molecule has 2 rings (SSSR count). The summed E-state index contributed by atoms with van der Waals surface area (Å²) in [6.07, 6.45) is 6.44. The minimum absolute atomic E-state index is 0.133. The highest BCUT2D eigenvalue weighted by molar-refractivity contribution is 5.93. The Balaban J connectivity index is 1.69. The third-order valence-electron chi connectivity index (χ3n) is 2.43. The maximum Gasteiger partial charge on any atom is 0.173 e. The summed E-state index contributed by atoms with van der Waals surface area (Å²) in [5.41, 5.74) is 6.20. The number of hydrogen-bond acceptors (Lipinski definition) is 6. The van der Waals surface area contributed by atoms with E-state index in [0.717, 1.165) is 19.5 Å². The monoisotopic (exact) mass is 249 g/mol. The van der Waals surface area contributed by atoms with Crippen molar-refractivity contribution in [3.63, 3.8) is 0 Å². The SMILES string of the molecule is N=C(N)c1nonc1CNCCCn1ccnc1. The molecule has 18 heavy (non-hydrogen) atoms. The fourth-order valence-corrected chi connectivity index (χ4v) is 1.54. The number of aryl methyl sites for hydroxylation is 1. The van der Waals surface area contributed by atoms with Crippen LogP contribution in [0.3, 0.4) is 0 Å². The minimum atomic E-state index is -0.133. The number of nitrogens with two attached hydrogens (primary N) is 1. The number of hydrogen-bond donors (Lipinski definition) is 3. The standard InChI is InChI=1S/C10H15N7O/c11-10(12)9-8(15-18-16-9)6-13-2-1-4-17-5-3-14-7-17/h3,5,7,13H,1-2,4,6H2,(H3,11,12). The van der Waals surface area contributed by atoms with Gasteiger partial charge in [-0.05, 0) is 18.1 Å². The quantitative estimate of drug-likeness (QED) is 0.353. The second-order valence-electron chi connectivity index (χ2n) is 3.80. The van der Waals surface area contributed by atoms with Crippen LogP contribution in [0, 0.1) is 5.41 Å². The van der Waals surface area contributed by atoms with Crippen molar-refractivity contribution >= 4 is 5.84 Å². The van der Waals surface area contributed by atoms with Crippen LogP contribution in [-0.2, 0) is 13.1 Å². The molecule has 0 radical (unpaired) electrons. The topological polar surface area (TPSA) is 119 Å². The van der Waals surface area contributed by atoms with E-state index < -0.39 is 0 Å². The van der Waals surface area contributed by atoms with E-state index in [1.165, 1.54) is 0 Å². The van der Waals surface area contributed by atoms with Gasteiger partial charge in [0.05, 0.1) is 6.33 Å². The molecule has 0 bridgehead atoms. The highest BCUT2D eigenvalue weighted by Gasteiger charge is 2.11. The molecule has 0 atom stereocenters.